The van der Waals surface area contributed by atoms with E-state index in [1.165, 1.54) is 19.1 Å². The molecule has 1 aliphatic rings. The summed E-state index contributed by atoms with van der Waals surface area (Å²) in [5, 5.41) is 4.10. The van der Waals surface area contributed by atoms with Crippen molar-refractivity contribution in [2.75, 3.05) is 6.61 Å². The maximum Gasteiger partial charge on any atom is 0.353 e. The molecule has 9 heteroatoms. The van der Waals surface area contributed by atoms with Crippen LogP contribution in [0.5, 0.6) is 0 Å². The van der Waals surface area contributed by atoms with E-state index in [-0.39, 0.29) is 34.2 Å². The molecular formula is C18H14Cl2F2N2O3. The van der Waals surface area contributed by atoms with Gasteiger partial charge in [-0.25, -0.2) is 14.2 Å². The summed E-state index contributed by atoms with van der Waals surface area (Å²) in [5.41, 5.74) is -0.904. The number of hydrogen-bond donors (Lipinski definition) is 0. The summed E-state index contributed by atoms with van der Waals surface area (Å²) in [6.45, 7) is 3.39. The van der Waals surface area contributed by atoms with Crippen LogP contribution >= 0.6 is 23.2 Å². The summed E-state index contributed by atoms with van der Waals surface area (Å²) in [4.78, 5) is 20.8. The lowest BCUT2D eigenvalue weighted by Gasteiger charge is -2.18. The molecule has 0 bridgehead atoms. The summed E-state index contributed by atoms with van der Waals surface area (Å²) < 4.78 is 33.5. The Balaban J connectivity index is 2.01. The molecule has 3 rings (SSSR count). The monoisotopic (exact) mass is 414 g/mol. The third-order valence-corrected chi connectivity index (χ3v) is 4.55. The maximum atomic E-state index is 14.4. The number of pyridine rings is 1. The van der Waals surface area contributed by atoms with E-state index >= 15 is 0 Å². The minimum Gasteiger partial charge on any atom is -0.463 e. The van der Waals surface area contributed by atoms with Gasteiger partial charge in [0.05, 0.1) is 22.4 Å². The number of aromatic nitrogens is 1. The molecule has 142 valence electrons. The van der Waals surface area contributed by atoms with Gasteiger partial charge in [0.25, 0.3) is 0 Å². The Morgan fingerprint density at radius 2 is 2.00 bits per heavy atom. The molecule has 0 fully saturated rings. The van der Waals surface area contributed by atoms with Crippen LogP contribution in [0, 0.1) is 11.8 Å². The van der Waals surface area contributed by atoms with Crippen LogP contribution < -0.4 is 0 Å². The van der Waals surface area contributed by atoms with Gasteiger partial charge < -0.3 is 9.57 Å². The van der Waals surface area contributed by atoms with E-state index < -0.39 is 23.3 Å². The third kappa shape index (κ3) is 3.75. The lowest BCUT2D eigenvalue weighted by molar-refractivity contribution is -0.166. The highest BCUT2D eigenvalue weighted by Crippen LogP contribution is 2.35. The summed E-state index contributed by atoms with van der Waals surface area (Å²) in [5.74, 6) is -2.21. The second kappa shape index (κ2) is 7.40. The van der Waals surface area contributed by atoms with Crippen LogP contribution in [0.1, 0.15) is 25.8 Å². The Morgan fingerprint density at radius 1 is 1.26 bits per heavy atom. The molecule has 1 aromatic carbocycles. The highest BCUT2D eigenvalue weighted by Gasteiger charge is 2.44. The van der Waals surface area contributed by atoms with Gasteiger partial charge in [-0.2, -0.15) is 4.39 Å². The van der Waals surface area contributed by atoms with Gasteiger partial charge in [0.15, 0.2) is 0 Å². The largest absolute Gasteiger partial charge is 0.463 e. The first-order valence-corrected chi connectivity index (χ1v) is 8.74. The van der Waals surface area contributed by atoms with Crippen LogP contribution in [0.4, 0.5) is 8.78 Å². The van der Waals surface area contributed by atoms with Crippen LogP contribution in [-0.4, -0.2) is 28.9 Å². The Labute approximate surface area is 163 Å². The van der Waals surface area contributed by atoms with Crippen molar-refractivity contribution < 1.29 is 23.1 Å². The normalized spacial score (nSPS) is 18.8. The molecule has 0 radical (unpaired) electrons. The van der Waals surface area contributed by atoms with Crippen molar-refractivity contribution in [2.24, 2.45) is 5.16 Å². The molecular weight excluding hydrogens is 401 g/mol. The Kier molecular flexibility index (Phi) is 5.35. The fourth-order valence-electron chi connectivity index (χ4n) is 2.67. The molecule has 0 spiro atoms. The average molecular weight is 415 g/mol. The molecule has 0 saturated carbocycles. The molecule has 2 heterocycles. The van der Waals surface area contributed by atoms with Crippen molar-refractivity contribution in [3.05, 3.63) is 51.8 Å². The Morgan fingerprint density at radius 3 is 2.70 bits per heavy atom. The SMILES string of the molecule is CCOC(=O)C1(C)CC(c2cc(-c3cc(Cl)cnc3F)c(F)cc2Cl)=NO1. The summed E-state index contributed by atoms with van der Waals surface area (Å²) in [6, 6.07) is 3.62. The fraction of sp³-hybridized carbons (Fsp3) is 0.278. The number of nitrogens with zero attached hydrogens (tertiary/aromatic N) is 2. The van der Waals surface area contributed by atoms with Gasteiger partial charge in [-0.3, -0.25) is 0 Å². The molecule has 2 aromatic rings. The van der Waals surface area contributed by atoms with Gasteiger partial charge in [0.2, 0.25) is 11.5 Å². The van der Waals surface area contributed by atoms with Gasteiger partial charge in [-0.15, -0.1) is 0 Å². The minimum absolute atomic E-state index is 0.0436. The van der Waals surface area contributed by atoms with Gasteiger partial charge >= 0.3 is 5.97 Å². The van der Waals surface area contributed by atoms with E-state index in [0.29, 0.717) is 11.3 Å². The van der Waals surface area contributed by atoms with Crippen molar-refractivity contribution in [1.82, 2.24) is 4.98 Å². The topological polar surface area (TPSA) is 60.8 Å². The first-order chi connectivity index (χ1) is 12.7. The van der Waals surface area contributed by atoms with E-state index in [0.717, 1.165) is 12.3 Å². The Bertz CT molecular complexity index is 952. The minimum atomic E-state index is -1.31. The van der Waals surface area contributed by atoms with E-state index in [9.17, 15) is 13.6 Å². The molecule has 5 nitrogen and oxygen atoms in total. The number of carbonyl (C=O) groups excluding carboxylic acids is 1. The van der Waals surface area contributed by atoms with Crippen LogP contribution in [0.2, 0.25) is 10.0 Å². The first-order valence-electron chi connectivity index (χ1n) is 7.98. The number of hydrogen-bond acceptors (Lipinski definition) is 5. The number of rotatable bonds is 4. The predicted molar refractivity (Wildman–Crippen MR) is 96.9 cm³/mol. The smallest absolute Gasteiger partial charge is 0.353 e. The van der Waals surface area contributed by atoms with E-state index in [1.54, 1.807) is 6.92 Å². The lowest BCUT2D eigenvalue weighted by Crippen LogP contribution is -2.37. The van der Waals surface area contributed by atoms with Crippen LogP contribution in [-0.2, 0) is 14.4 Å². The highest BCUT2D eigenvalue weighted by atomic mass is 35.5. The standard InChI is InChI=1S/C18H14Cl2F2N2O3/c1-3-26-17(25)18(2)7-15(24-27-18)12-5-10(14(21)6-13(12)20)11-4-9(19)8-23-16(11)22/h4-6,8H,3,7H2,1-2H3. The zero-order valence-electron chi connectivity index (χ0n) is 14.4. The fourth-order valence-corrected chi connectivity index (χ4v) is 3.08. The summed E-state index contributed by atoms with van der Waals surface area (Å²) >= 11 is 12.0. The van der Waals surface area contributed by atoms with Crippen molar-refractivity contribution in [2.45, 2.75) is 25.9 Å². The molecule has 27 heavy (non-hydrogen) atoms. The van der Waals surface area contributed by atoms with Crippen molar-refractivity contribution in [3.8, 4) is 11.1 Å². The second-order valence-corrected chi connectivity index (χ2v) is 6.90. The van der Waals surface area contributed by atoms with Gasteiger partial charge in [-0.1, -0.05) is 28.4 Å². The van der Waals surface area contributed by atoms with E-state index in [4.69, 9.17) is 32.8 Å². The summed E-state index contributed by atoms with van der Waals surface area (Å²) in [7, 11) is 0. The van der Waals surface area contributed by atoms with Gasteiger partial charge in [0.1, 0.15) is 5.82 Å². The summed E-state index contributed by atoms with van der Waals surface area (Å²) in [6.07, 6.45) is 1.18. The lowest BCUT2D eigenvalue weighted by atomic mass is 9.94. The molecule has 0 N–H and O–H groups in total. The number of ether oxygens (including phenoxy) is 1. The predicted octanol–water partition coefficient (Wildman–Crippen LogP) is 4.78. The van der Waals surface area contributed by atoms with Crippen LogP contribution in [0.3, 0.4) is 0 Å². The Hall–Kier alpha value is -2.25. The second-order valence-electron chi connectivity index (χ2n) is 6.06. The molecule has 1 aromatic heterocycles. The molecule has 1 atom stereocenters. The molecule has 1 unspecified atom stereocenters. The average Bonchev–Trinajstić information content (AvgIpc) is 3.01. The van der Waals surface area contributed by atoms with E-state index in [1.807, 2.05) is 0 Å². The van der Waals surface area contributed by atoms with Crippen molar-refractivity contribution in [3.63, 3.8) is 0 Å². The molecule has 1 aliphatic heterocycles. The third-order valence-electron chi connectivity index (χ3n) is 4.03. The first kappa shape index (κ1) is 19.5. The van der Waals surface area contributed by atoms with Gasteiger partial charge in [0, 0.05) is 29.3 Å². The number of benzene rings is 1. The number of halogens is 4. The zero-order valence-corrected chi connectivity index (χ0v) is 15.9. The molecule has 0 aliphatic carbocycles. The number of carbonyl (C=O) groups is 1. The quantitative estimate of drug-likeness (QED) is 0.533. The van der Waals surface area contributed by atoms with E-state index in [2.05, 4.69) is 10.1 Å². The molecule has 0 saturated heterocycles. The zero-order chi connectivity index (χ0) is 19.8. The van der Waals surface area contributed by atoms with Gasteiger partial charge in [-0.05, 0) is 32.0 Å². The van der Waals surface area contributed by atoms with Crippen LogP contribution in [0.15, 0.2) is 29.6 Å². The highest BCUT2D eigenvalue weighted by molar-refractivity contribution is 6.34. The van der Waals surface area contributed by atoms with Crippen molar-refractivity contribution in [1.29, 1.82) is 0 Å². The number of esters is 1. The van der Waals surface area contributed by atoms with Crippen molar-refractivity contribution >= 4 is 34.9 Å². The molecule has 0 amide bonds. The maximum absolute atomic E-state index is 14.4. The number of oxime groups is 1. The van der Waals surface area contributed by atoms with Crippen LogP contribution in [0.25, 0.3) is 11.1 Å².